The Hall–Kier alpha value is -3.61. The van der Waals surface area contributed by atoms with Gasteiger partial charge in [0.1, 0.15) is 17.8 Å². The number of nitrogens with zero attached hydrogens (tertiary/aromatic N) is 3. The molecule has 4 rings (SSSR count). The van der Waals surface area contributed by atoms with E-state index >= 15 is 0 Å². The number of carbonyl (C=O) groups excluding carboxylic acids is 1. The first-order valence-electron chi connectivity index (χ1n) is 7.96. The summed E-state index contributed by atoms with van der Waals surface area (Å²) in [7, 11) is 1.50. The summed E-state index contributed by atoms with van der Waals surface area (Å²) in [5, 5.41) is 14.2. The highest BCUT2D eigenvalue weighted by Gasteiger charge is 2.22. The van der Waals surface area contributed by atoms with Crippen LogP contribution in [0.5, 0.6) is 5.75 Å². The minimum absolute atomic E-state index is 0.210. The Labute approximate surface area is 148 Å². The zero-order valence-corrected chi connectivity index (χ0v) is 13.9. The van der Waals surface area contributed by atoms with Crippen LogP contribution in [0.4, 0.5) is 0 Å². The van der Waals surface area contributed by atoms with Gasteiger partial charge in [0, 0.05) is 5.39 Å². The molecule has 0 spiro atoms. The van der Waals surface area contributed by atoms with Gasteiger partial charge in [-0.15, -0.1) is 0 Å². The van der Waals surface area contributed by atoms with E-state index in [-0.39, 0.29) is 12.5 Å². The number of para-hydroxylation sites is 2. The molecule has 0 amide bonds. The first-order chi connectivity index (χ1) is 12.6. The number of rotatable bonds is 4. The highest BCUT2D eigenvalue weighted by Crippen LogP contribution is 2.30. The van der Waals surface area contributed by atoms with Gasteiger partial charge >= 0.3 is 5.97 Å². The second kappa shape index (κ2) is 6.03. The molecule has 0 aliphatic heterocycles. The van der Waals surface area contributed by atoms with Crippen LogP contribution in [0.2, 0.25) is 0 Å². The maximum atomic E-state index is 13.1. The van der Waals surface area contributed by atoms with Crippen molar-refractivity contribution in [1.29, 1.82) is 0 Å². The van der Waals surface area contributed by atoms with Crippen LogP contribution in [-0.2, 0) is 11.3 Å². The maximum absolute atomic E-state index is 13.1. The van der Waals surface area contributed by atoms with E-state index in [2.05, 4.69) is 5.10 Å². The smallest absolute Gasteiger partial charge is 0.323 e. The molecule has 0 aliphatic rings. The highest BCUT2D eigenvalue weighted by molar-refractivity contribution is 6.12. The summed E-state index contributed by atoms with van der Waals surface area (Å²) in [5.74, 6) is -0.845. The van der Waals surface area contributed by atoms with Crippen molar-refractivity contribution in [2.45, 2.75) is 6.54 Å². The number of carboxylic acids is 1. The third kappa shape index (κ3) is 2.33. The van der Waals surface area contributed by atoms with Crippen LogP contribution in [0.15, 0.2) is 54.7 Å². The van der Waals surface area contributed by atoms with Crippen LogP contribution < -0.4 is 4.74 Å². The Morgan fingerprint density at radius 2 is 1.81 bits per heavy atom. The number of aliphatic carboxylic acids is 1. The molecule has 0 saturated carbocycles. The number of ether oxygens (including phenoxy) is 1. The van der Waals surface area contributed by atoms with Gasteiger partial charge < -0.3 is 14.4 Å². The summed E-state index contributed by atoms with van der Waals surface area (Å²) in [5.41, 5.74) is 2.30. The average Bonchev–Trinajstić information content (AvgIpc) is 3.21. The Balaban J connectivity index is 1.98. The molecule has 7 heteroatoms. The molecule has 130 valence electrons. The Bertz CT molecular complexity index is 1160. The van der Waals surface area contributed by atoms with E-state index in [0.29, 0.717) is 22.3 Å². The molecule has 0 saturated heterocycles. The van der Waals surface area contributed by atoms with Gasteiger partial charge in [0.05, 0.1) is 29.9 Å². The maximum Gasteiger partial charge on any atom is 0.323 e. The molecular weight excluding hydrogens is 334 g/mol. The zero-order chi connectivity index (χ0) is 18.3. The van der Waals surface area contributed by atoms with Crippen molar-refractivity contribution in [2.75, 3.05) is 7.11 Å². The number of methoxy groups -OCH3 is 1. The summed E-state index contributed by atoms with van der Waals surface area (Å²) in [6, 6.07) is 14.3. The van der Waals surface area contributed by atoms with Crippen molar-refractivity contribution in [1.82, 2.24) is 14.3 Å². The van der Waals surface area contributed by atoms with Gasteiger partial charge in [-0.25, -0.2) is 0 Å². The van der Waals surface area contributed by atoms with Crippen molar-refractivity contribution >= 4 is 33.8 Å². The summed E-state index contributed by atoms with van der Waals surface area (Å²) >= 11 is 0. The van der Waals surface area contributed by atoms with Crippen LogP contribution in [0.1, 0.15) is 10.4 Å². The van der Waals surface area contributed by atoms with E-state index in [1.807, 2.05) is 24.3 Å². The minimum Gasteiger partial charge on any atom is -0.496 e. The topological polar surface area (TPSA) is 86.4 Å². The van der Waals surface area contributed by atoms with Crippen LogP contribution in [0.25, 0.3) is 21.9 Å². The van der Waals surface area contributed by atoms with Gasteiger partial charge in [0.15, 0.2) is 0 Å². The molecule has 2 heterocycles. The fraction of sp³-hybridized carbons (Fsp3) is 0.105. The average molecular weight is 349 g/mol. The molecule has 0 fully saturated rings. The Morgan fingerprint density at radius 1 is 1.08 bits per heavy atom. The van der Waals surface area contributed by atoms with Crippen molar-refractivity contribution < 1.29 is 19.4 Å². The number of carboxylic acid groups (broad SMARTS) is 1. The molecule has 0 atom stereocenters. The molecule has 2 aromatic heterocycles. The first kappa shape index (κ1) is 15.9. The van der Waals surface area contributed by atoms with Crippen molar-refractivity contribution in [2.24, 2.45) is 0 Å². The summed E-state index contributed by atoms with van der Waals surface area (Å²) in [6.45, 7) is -0.210. The largest absolute Gasteiger partial charge is 0.496 e. The second-order valence-electron chi connectivity index (χ2n) is 5.79. The van der Waals surface area contributed by atoms with Crippen LogP contribution >= 0.6 is 0 Å². The quantitative estimate of drug-likeness (QED) is 0.612. The van der Waals surface area contributed by atoms with Gasteiger partial charge in [0.25, 0.3) is 5.91 Å². The van der Waals surface area contributed by atoms with Gasteiger partial charge in [-0.1, -0.05) is 30.3 Å². The van der Waals surface area contributed by atoms with Crippen molar-refractivity contribution in [3.8, 4) is 5.75 Å². The van der Waals surface area contributed by atoms with E-state index in [9.17, 15) is 14.7 Å². The summed E-state index contributed by atoms with van der Waals surface area (Å²) < 4.78 is 8.22. The third-order valence-corrected chi connectivity index (χ3v) is 4.31. The summed E-state index contributed by atoms with van der Waals surface area (Å²) in [6.07, 6.45) is 1.52. The Morgan fingerprint density at radius 3 is 2.58 bits per heavy atom. The Kier molecular flexibility index (Phi) is 3.69. The van der Waals surface area contributed by atoms with Gasteiger partial charge in [-0.2, -0.15) is 9.78 Å². The van der Waals surface area contributed by atoms with Gasteiger partial charge in [-0.05, 0) is 18.2 Å². The van der Waals surface area contributed by atoms with Crippen LogP contribution in [0, 0.1) is 0 Å². The lowest BCUT2D eigenvalue weighted by Gasteiger charge is -2.07. The standard InChI is InChI=1S/C19H15N3O4/c1-26-16-9-5-3-7-13(16)19(25)22-18-12-6-2-4-8-14(12)21(11-17(23)24)15(18)10-20-22/h2-10H,11H2,1H3,(H,23,24). The van der Waals surface area contributed by atoms with Gasteiger partial charge in [-0.3, -0.25) is 9.59 Å². The number of hydrogen-bond acceptors (Lipinski definition) is 4. The normalized spacial score (nSPS) is 11.1. The molecule has 1 N–H and O–H groups in total. The molecule has 2 aromatic carbocycles. The molecule has 0 unspecified atom stereocenters. The molecule has 7 nitrogen and oxygen atoms in total. The molecular formula is C19H15N3O4. The number of carbonyl (C=O) groups is 2. The molecule has 4 aromatic rings. The summed E-state index contributed by atoms with van der Waals surface area (Å²) in [4.78, 5) is 24.3. The van der Waals surface area contributed by atoms with Crippen LogP contribution in [-0.4, -0.2) is 38.4 Å². The fourth-order valence-electron chi connectivity index (χ4n) is 3.22. The predicted molar refractivity (Wildman–Crippen MR) is 95.6 cm³/mol. The highest BCUT2D eigenvalue weighted by atomic mass is 16.5. The second-order valence-corrected chi connectivity index (χ2v) is 5.79. The van der Waals surface area contributed by atoms with E-state index in [1.54, 1.807) is 28.8 Å². The van der Waals surface area contributed by atoms with E-state index in [1.165, 1.54) is 18.0 Å². The lowest BCUT2D eigenvalue weighted by atomic mass is 10.2. The third-order valence-electron chi connectivity index (χ3n) is 4.31. The van der Waals surface area contributed by atoms with Crippen molar-refractivity contribution in [3.05, 3.63) is 60.3 Å². The van der Waals surface area contributed by atoms with Crippen molar-refractivity contribution in [3.63, 3.8) is 0 Å². The minimum atomic E-state index is -0.962. The number of aromatic nitrogens is 3. The van der Waals surface area contributed by atoms with E-state index in [0.717, 1.165) is 10.9 Å². The first-order valence-corrected chi connectivity index (χ1v) is 7.96. The monoisotopic (exact) mass is 349 g/mol. The lowest BCUT2D eigenvalue weighted by molar-refractivity contribution is -0.137. The number of benzene rings is 2. The van der Waals surface area contributed by atoms with Crippen LogP contribution in [0.3, 0.4) is 0 Å². The molecule has 0 radical (unpaired) electrons. The number of hydrogen-bond donors (Lipinski definition) is 1. The SMILES string of the molecule is COc1ccccc1C(=O)n1ncc2c1c1ccccc1n2CC(=O)O. The number of fused-ring (bicyclic) bond motifs is 3. The molecule has 0 aliphatic carbocycles. The molecule has 0 bridgehead atoms. The van der Waals surface area contributed by atoms with E-state index < -0.39 is 5.97 Å². The van der Waals surface area contributed by atoms with Gasteiger partial charge in [0.2, 0.25) is 0 Å². The van der Waals surface area contributed by atoms with E-state index in [4.69, 9.17) is 4.74 Å². The predicted octanol–water partition coefficient (Wildman–Crippen LogP) is 2.77. The lowest BCUT2D eigenvalue weighted by Crippen LogP contribution is -2.14. The fourth-order valence-corrected chi connectivity index (χ4v) is 3.22. The zero-order valence-electron chi connectivity index (χ0n) is 13.9. The molecule has 26 heavy (non-hydrogen) atoms.